The smallest absolute Gasteiger partial charge is 0.106 e. The van der Waals surface area contributed by atoms with Crippen molar-refractivity contribution in [2.24, 2.45) is 0 Å². The second-order valence-electron chi connectivity index (χ2n) is 2.39. The maximum absolute atomic E-state index is 5.17. The first kappa shape index (κ1) is 7.35. The van der Waals surface area contributed by atoms with Crippen LogP contribution in [0.15, 0.2) is 10.7 Å². The molecule has 0 atom stereocenters. The first-order valence-electron chi connectivity index (χ1n) is 3.28. The number of furan rings is 1. The van der Waals surface area contributed by atoms with Crippen LogP contribution in [0.3, 0.4) is 0 Å². The lowest BCUT2D eigenvalue weighted by molar-refractivity contribution is 0.183. The topological polar surface area (TPSA) is 22.4 Å². The van der Waals surface area contributed by atoms with Gasteiger partial charge in [-0.15, -0.1) is 0 Å². The van der Waals surface area contributed by atoms with E-state index in [0.29, 0.717) is 6.61 Å². The summed E-state index contributed by atoms with van der Waals surface area (Å²) in [4.78, 5) is 0. The third-order valence-electron chi connectivity index (χ3n) is 1.60. The van der Waals surface area contributed by atoms with Crippen LogP contribution in [-0.2, 0) is 11.3 Å². The van der Waals surface area contributed by atoms with Crippen LogP contribution in [0, 0.1) is 13.8 Å². The van der Waals surface area contributed by atoms with Crippen LogP contribution in [0.5, 0.6) is 0 Å². The molecule has 0 saturated carbocycles. The summed E-state index contributed by atoms with van der Waals surface area (Å²) >= 11 is 0. The van der Waals surface area contributed by atoms with Gasteiger partial charge in [0.15, 0.2) is 0 Å². The van der Waals surface area contributed by atoms with Gasteiger partial charge in [0.1, 0.15) is 5.76 Å². The SMILES string of the molecule is COCc1c(C)coc1C. The van der Waals surface area contributed by atoms with E-state index in [1.165, 1.54) is 11.1 Å². The van der Waals surface area contributed by atoms with E-state index in [1.807, 2.05) is 13.8 Å². The van der Waals surface area contributed by atoms with Gasteiger partial charge >= 0.3 is 0 Å². The summed E-state index contributed by atoms with van der Waals surface area (Å²) in [5, 5.41) is 0. The minimum atomic E-state index is 0.647. The Kier molecular flexibility index (Phi) is 2.12. The molecule has 0 aliphatic carbocycles. The molecule has 0 fully saturated rings. The normalized spacial score (nSPS) is 10.3. The molecule has 0 radical (unpaired) electrons. The fraction of sp³-hybridized carbons (Fsp3) is 0.500. The second-order valence-corrected chi connectivity index (χ2v) is 2.39. The molecule has 0 saturated heterocycles. The van der Waals surface area contributed by atoms with E-state index in [0.717, 1.165) is 5.76 Å². The van der Waals surface area contributed by atoms with Gasteiger partial charge in [0.05, 0.1) is 12.9 Å². The van der Waals surface area contributed by atoms with E-state index in [2.05, 4.69) is 0 Å². The molecule has 10 heavy (non-hydrogen) atoms. The van der Waals surface area contributed by atoms with Crippen LogP contribution in [0.2, 0.25) is 0 Å². The van der Waals surface area contributed by atoms with Gasteiger partial charge in [-0.2, -0.15) is 0 Å². The summed E-state index contributed by atoms with van der Waals surface area (Å²) in [6.45, 7) is 4.61. The van der Waals surface area contributed by atoms with Crippen molar-refractivity contribution in [2.45, 2.75) is 20.5 Å². The molecule has 0 amide bonds. The third kappa shape index (κ3) is 1.21. The zero-order valence-electron chi connectivity index (χ0n) is 6.60. The molecule has 0 spiro atoms. The monoisotopic (exact) mass is 140 g/mol. The number of ether oxygens (including phenoxy) is 1. The van der Waals surface area contributed by atoms with Crippen LogP contribution in [0.25, 0.3) is 0 Å². The minimum absolute atomic E-state index is 0.647. The average Bonchev–Trinajstić information content (AvgIpc) is 2.20. The zero-order valence-corrected chi connectivity index (χ0v) is 6.60. The molecule has 0 aromatic carbocycles. The predicted molar refractivity (Wildman–Crippen MR) is 38.9 cm³/mol. The highest BCUT2D eigenvalue weighted by molar-refractivity contribution is 5.24. The van der Waals surface area contributed by atoms with E-state index in [1.54, 1.807) is 13.4 Å². The molecular formula is C8H12O2. The van der Waals surface area contributed by atoms with Crippen LogP contribution < -0.4 is 0 Å². The molecule has 0 unspecified atom stereocenters. The Morgan fingerprint density at radius 2 is 2.20 bits per heavy atom. The van der Waals surface area contributed by atoms with E-state index < -0.39 is 0 Å². The van der Waals surface area contributed by atoms with Crippen LogP contribution in [-0.4, -0.2) is 7.11 Å². The van der Waals surface area contributed by atoms with Gasteiger partial charge in [0.2, 0.25) is 0 Å². The van der Waals surface area contributed by atoms with Crippen molar-refractivity contribution >= 4 is 0 Å². The molecule has 1 aromatic rings. The van der Waals surface area contributed by atoms with Crippen LogP contribution >= 0.6 is 0 Å². The van der Waals surface area contributed by atoms with E-state index in [-0.39, 0.29) is 0 Å². The van der Waals surface area contributed by atoms with E-state index in [9.17, 15) is 0 Å². The largest absolute Gasteiger partial charge is 0.469 e. The standard InChI is InChI=1S/C8H12O2/c1-6-4-10-7(2)8(6)5-9-3/h4H,5H2,1-3H3. The summed E-state index contributed by atoms with van der Waals surface area (Å²) < 4.78 is 10.2. The maximum Gasteiger partial charge on any atom is 0.106 e. The highest BCUT2D eigenvalue weighted by atomic mass is 16.5. The Hall–Kier alpha value is -0.760. The number of methoxy groups -OCH3 is 1. The molecular weight excluding hydrogens is 128 g/mol. The molecule has 1 heterocycles. The lowest BCUT2D eigenvalue weighted by atomic mass is 10.2. The molecule has 0 aliphatic heterocycles. The van der Waals surface area contributed by atoms with E-state index >= 15 is 0 Å². The summed E-state index contributed by atoms with van der Waals surface area (Å²) in [6.07, 6.45) is 1.75. The Bertz CT molecular complexity index is 194. The Morgan fingerprint density at radius 1 is 1.50 bits per heavy atom. The van der Waals surface area contributed by atoms with Crippen molar-refractivity contribution < 1.29 is 9.15 Å². The number of hydrogen-bond acceptors (Lipinski definition) is 2. The van der Waals surface area contributed by atoms with Crippen molar-refractivity contribution in [3.8, 4) is 0 Å². The fourth-order valence-electron chi connectivity index (χ4n) is 0.957. The highest BCUT2D eigenvalue weighted by Crippen LogP contribution is 2.15. The van der Waals surface area contributed by atoms with Crippen LogP contribution in [0.4, 0.5) is 0 Å². The highest BCUT2D eigenvalue weighted by Gasteiger charge is 2.04. The predicted octanol–water partition coefficient (Wildman–Crippen LogP) is 2.04. The van der Waals surface area contributed by atoms with Crippen molar-refractivity contribution in [3.63, 3.8) is 0 Å². The number of aryl methyl sites for hydroxylation is 2. The van der Waals surface area contributed by atoms with Crippen molar-refractivity contribution in [3.05, 3.63) is 23.2 Å². The van der Waals surface area contributed by atoms with Gasteiger partial charge in [-0.3, -0.25) is 0 Å². The Morgan fingerprint density at radius 3 is 2.60 bits per heavy atom. The first-order chi connectivity index (χ1) is 4.75. The molecule has 0 aliphatic rings. The molecule has 2 nitrogen and oxygen atoms in total. The van der Waals surface area contributed by atoms with Crippen molar-refractivity contribution in [1.29, 1.82) is 0 Å². The van der Waals surface area contributed by atoms with Gasteiger partial charge < -0.3 is 9.15 Å². The average molecular weight is 140 g/mol. The molecule has 1 rings (SSSR count). The number of hydrogen-bond donors (Lipinski definition) is 0. The molecule has 0 bridgehead atoms. The molecule has 0 N–H and O–H groups in total. The van der Waals surface area contributed by atoms with Gasteiger partial charge in [-0.05, 0) is 19.4 Å². The third-order valence-corrected chi connectivity index (χ3v) is 1.60. The van der Waals surface area contributed by atoms with Gasteiger partial charge in [-0.25, -0.2) is 0 Å². The van der Waals surface area contributed by atoms with Gasteiger partial charge in [0, 0.05) is 12.7 Å². The lowest BCUT2D eigenvalue weighted by Gasteiger charge is -1.96. The molecule has 56 valence electrons. The van der Waals surface area contributed by atoms with E-state index in [4.69, 9.17) is 9.15 Å². The van der Waals surface area contributed by atoms with Crippen LogP contribution in [0.1, 0.15) is 16.9 Å². The Labute approximate surface area is 60.8 Å². The Balaban J connectivity index is 2.87. The summed E-state index contributed by atoms with van der Waals surface area (Å²) in [5.41, 5.74) is 2.34. The first-order valence-corrected chi connectivity index (χ1v) is 3.28. The molecule has 1 aromatic heterocycles. The second kappa shape index (κ2) is 2.88. The van der Waals surface area contributed by atoms with Gasteiger partial charge in [-0.1, -0.05) is 0 Å². The fourth-order valence-corrected chi connectivity index (χ4v) is 0.957. The molecule has 2 heteroatoms. The lowest BCUT2D eigenvalue weighted by Crippen LogP contribution is -1.89. The maximum atomic E-state index is 5.17. The van der Waals surface area contributed by atoms with Crippen molar-refractivity contribution in [2.75, 3.05) is 7.11 Å². The van der Waals surface area contributed by atoms with Crippen molar-refractivity contribution in [1.82, 2.24) is 0 Å². The summed E-state index contributed by atoms with van der Waals surface area (Å²) in [6, 6.07) is 0. The van der Waals surface area contributed by atoms with Gasteiger partial charge in [0.25, 0.3) is 0 Å². The summed E-state index contributed by atoms with van der Waals surface area (Å²) in [7, 11) is 1.69. The number of rotatable bonds is 2. The quantitative estimate of drug-likeness (QED) is 0.627. The summed E-state index contributed by atoms with van der Waals surface area (Å²) in [5.74, 6) is 0.958. The zero-order chi connectivity index (χ0) is 7.56. The minimum Gasteiger partial charge on any atom is -0.469 e.